The number of carbonyl (C=O) groups is 2. The molecule has 1 heterocycles. The van der Waals surface area contributed by atoms with Gasteiger partial charge < -0.3 is 20.1 Å². The first-order valence-corrected chi connectivity index (χ1v) is 8.90. The second-order valence-electron chi connectivity index (χ2n) is 5.71. The summed E-state index contributed by atoms with van der Waals surface area (Å²) < 4.78 is 11.9. The van der Waals surface area contributed by atoms with E-state index in [1.54, 1.807) is 6.92 Å². The van der Waals surface area contributed by atoms with Crippen molar-refractivity contribution in [2.24, 2.45) is 0 Å². The molecule has 2 unspecified atom stereocenters. The van der Waals surface area contributed by atoms with Gasteiger partial charge in [0, 0.05) is 29.7 Å². The molecule has 0 aromatic heterocycles. The van der Waals surface area contributed by atoms with Crippen molar-refractivity contribution >= 4 is 33.4 Å². The first kappa shape index (κ1) is 18.9. The fourth-order valence-electron chi connectivity index (χ4n) is 2.30. The van der Waals surface area contributed by atoms with Gasteiger partial charge in [0.1, 0.15) is 6.10 Å². The Morgan fingerprint density at radius 2 is 2.12 bits per heavy atom. The Bertz CT molecular complexity index is 544. The number of halogens is 1. The Balaban J connectivity index is 1.60. The number of nitrogens with one attached hydrogen (secondary N) is 2. The molecule has 0 saturated carbocycles. The number of hydrogen-bond donors (Lipinski definition) is 2. The van der Waals surface area contributed by atoms with E-state index in [9.17, 15) is 9.59 Å². The second kappa shape index (κ2) is 9.76. The normalized spacial score (nSPS) is 18.2. The Morgan fingerprint density at radius 3 is 2.79 bits per heavy atom. The van der Waals surface area contributed by atoms with Crippen molar-refractivity contribution in [2.45, 2.75) is 38.4 Å². The van der Waals surface area contributed by atoms with Crippen LogP contribution in [0.2, 0.25) is 0 Å². The van der Waals surface area contributed by atoms with Crippen LogP contribution in [0, 0.1) is 0 Å². The minimum Gasteiger partial charge on any atom is -0.376 e. The largest absolute Gasteiger partial charge is 0.376 e. The third kappa shape index (κ3) is 6.59. The van der Waals surface area contributed by atoms with E-state index in [2.05, 4.69) is 26.6 Å². The fourth-order valence-corrected chi connectivity index (χ4v) is 2.57. The van der Waals surface area contributed by atoms with E-state index in [0.717, 1.165) is 29.6 Å². The minimum absolute atomic E-state index is 0.0944. The van der Waals surface area contributed by atoms with Gasteiger partial charge in [-0.15, -0.1) is 0 Å². The third-order valence-electron chi connectivity index (χ3n) is 3.70. The van der Waals surface area contributed by atoms with Crippen LogP contribution in [0.5, 0.6) is 0 Å². The van der Waals surface area contributed by atoms with Gasteiger partial charge in [-0.1, -0.05) is 15.9 Å². The minimum atomic E-state index is -0.552. The third-order valence-corrected chi connectivity index (χ3v) is 4.23. The fraction of sp³-hybridized carbons (Fsp3) is 0.529. The molecule has 0 bridgehead atoms. The van der Waals surface area contributed by atoms with Gasteiger partial charge in [-0.2, -0.15) is 0 Å². The lowest BCUT2D eigenvalue weighted by Gasteiger charge is -2.16. The average Bonchev–Trinajstić information content (AvgIpc) is 3.08. The molecule has 1 aromatic carbocycles. The van der Waals surface area contributed by atoms with Crippen molar-refractivity contribution in [3.05, 3.63) is 28.7 Å². The number of hydrogen-bond acceptors (Lipinski definition) is 4. The summed E-state index contributed by atoms with van der Waals surface area (Å²) in [6, 6.07) is 7.32. The molecular weight excluding hydrogens is 376 g/mol. The molecule has 2 N–H and O–H groups in total. The zero-order valence-corrected chi connectivity index (χ0v) is 15.3. The summed E-state index contributed by atoms with van der Waals surface area (Å²) in [5.41, 5.74) is 0.725. The van der Waals surface area contributed by atoms with E-state index in [-0.39, 0.29) is 30.9 Å². The topological polar surface area (TPSA) is 76.7 Å². The summed E-state index contributed by atoms with van der Waals surface area (Å²) in [4.78, 5) is 23.7. The van der Waals surface area contributed by atoms with Crippen LogP contribution in [0.15, 0.2) is 28.7 Å². The molecule has 0 radical (unpaired) electrons. The summed E-state index contributed by atoms with van der Waals surface area (Å²) in [5, 5.41) is 5.49. The maximum atomic E-state index is 11.9. The Morgan fingerprint density at radius 1 is 1.38 bits per heavy atom. The van der Waals surface area contributed by atoms with Crippen molar-refractivity contribution in [3.63, 3.8) is 0 Å². The van der Waals surface area contributed by atoms with Crippen LogP contribution in [0.4, 0.5) is 5.69 Å². The van der Waals surface area contributed by atoms with Gasteiger partial charge in [0.25, 0.3) is 0 Å². The highest BCUT2D eigenvalue weighted by Crippen LogP contribution is 2.14. The van der Waals surface area contributed by atoms with Crippen molar-refractivity contribution in [3.8, 4) is 0 Å². The Labute approximate surface area is 150 Å². The summed E-state index contributed by atoms with van der Waals surface area (Å²) in [5.74, 6) is -0.366. The smallest absolute Gasteiger partial charge is 0.248 e. The highest BCUT2D eigenvalue weighted by Gasteiger charge is 2.19. The molecule has 1 aliphatic rings. The van der Waals surface area contributed by atoms with Crippen LogP contribution in [0.1, 0.15) is 26.2 Å². The van der Waals surface area contributed by atoms with E-state index in [4.69, 9.17) is 9.47 Å². The lowest BCUT2D eigenvalue weighted by molar-refractivity contribution is -0.133. The first-order valence-electron chi connectivity index (χ1n) is 8.11. The van der Waals surface area contributed by atoms with Crippen molar-refractivity contribution in [1.82, 2.24) is 5.32 Å². The van der Waals surface area contributed by atoms with Crippen LogP contribution in [-0.2, 0) is 19.1 Å². The lowest BCUT2D eigenvalue weighted by atomic mass is 10.2. The predicted octanol–water partition coefficient (Wildman–Crippen LogP) is 2.48. The van der Waals surface area contributed by atoms with E-state index >= 15 is 0 Å². The van der Waals surface area contributed by atoms with Gasteiger partial charge in [-0.3, -0.25) is 9.59 Å². The average molecular weight is 399 g/mol. The summed E-state index contributed by atoms with van der Waals surface area (Å²) in [7, 11) is 0. The molecule has 132 valence electrons. The van der Waals surface area contributed by atoms with Crippen LogP contribution < -0.4 is 10.6 Å². The monoisotopic (exact) mass is 398 g/mol. The molecule has 1 fully saturated rings. The number of carbonyl (C=O) groups excluding carboxylic acids is 2. The number of rotatable bonds is 8. The van der Waals surface area contributed by atoms with Crippen molar-refractivity contribution in [1.29, 1.82) is 0 Å². The van der Waals surface area contributed by atoms with Gasteiger partial charge in [-0.05, 0) is 44.0 Å². The lowest BCUT2D eigenvalue weighted by Crippen LogP contribution is -2.37. The number of anilines is 1. The maximum Gasteiger partial charge on any atom is 0.248 e. The molecular formula is C17H23BrN2O4. The Hall–Kier alpha value is -1.44. The van der Waals surface area contributed by atoms with E-state index in [1.165, 1.54) is 0 Å². The van der Waals surface area contributed by atoms with Crippen LogP contribution in [0.25, 0.3) is 0 Å². The van der Waals surface area contributed by atoms with Crippen molar-refractivity contribution < 1.29 is 19.1 Å². The molecule has 1 aliphatic heterocycles. The number of amides is 2. The molecule has 7 heteroatoms. The zero-order valence-electron chi connectivity index (χ0n) is 13.7. The molecule has 2 atom stereocenters. The highest BCUT2D eigenvalue weighted by atomic mass is 79.9. The van der Waals surface area contributed by atoms with E-state index in [1.807, 2.05) is 24.3 Å². The predicted molar refractivity (Wildman–Crippen MR) is 94.8 cm³/mol. The maximum absolute atomic E-state index is 11.9. The van der Waals surface area contributed by atoms with Gasteiger partial charge in [0.2, 0.25) is 11.8 Å². The number of ether oxygens (including phenoxy) is 2. The molecule has 1 saturated heterocycles. The second-order valence-corrected chi connectivity index (χ2v) is 6.62. The standard InChI is InChI=1S/C17H23BrN2O4/c1-12(24-11-15-3-2-10-23-15)17(22)19-9-8-16(21)20-14-6-4-13(18)5-7-14/h4-7,12,15H,2-3,8-11H2,1H3,(H,19,22)(H,20,21). The molecule has 1 aromatic rings. The quantitative estimate of drug-likeness (QED) is 0.704. The van der Waals surface area contributed by atoms with Gasteiger partial charge >= 0.3 is 0 Å². The van der Waals surface area contributed by atoms with Crippen LogP contribution >= 0.6 is 15.9 Å². The van der Waals surface area contributed by atoms with Crippen LogP contribution in [-0.4, -0.2) is 43.8 Å². The molecule has 0 aliphatic carbocycles. The molecule has 2 rings (SSSR count). The molecule has 6 nitrogen and oxygen atoms in total. The number of benzene rings is 1. The Kier molecular flexibility index (Phi) is 7.68. The van der Waals surface area contributed by atoms with Gasteiger partial charge in [0.15, 0.2) is 0 Å². The van der Waals surface area contributed by atoms with Gasteiger partial charge in [-0.25, -0.2) is 0 Å². The summed E-state index contributed by atoms with van der Waals surface area (Å²) >= 11 is 3.34. The highest BCUT2D eigenvalue weighted by molar-refractivity contribution is 9.10. The van der Waals surface area contributed by atoms with E-state index < -0.39 is 6.10 Å². The first-order chi connectivity index (χ1) is 11.5. The molecule has 0 spiro atoms. The SMILES string of the molecule is CC(OCC1CCCO1)C(=O)NCCC(=O)Nc1ccc(Br)cc1. The van der Waals surface area contributed by atoms with Crippen LogP contribution in [0.3, 0.4) is 0 Å². The zero-order chi connectivity index (χ0) is 17.4. The summed E-state index contributed by atoms with van der Waals surface area (Å²) in [6.07, 6.45) is 1.77. The van der Waals surface area contributed by atoms with Crippen molar-refractivity contribution in [2.75, 3.05) is 25.1 Å². The molecule has 2 amide bonds. The van der Waals surface area contributed by atoms with E-state index in [0.29, 0.717) is 6.61 Å². The molecule has 24 heavy (non-hydrogen) atoms. The van der Waals surface area contributed by atoms with Gasteiger partial charge in [0.05, 0.1) is 12.7 Å². The summed E-state index contributed by atoms with van der Waals surface area (Å²) in [6.45, 7) is 3.17.